The predicted molar refractivity (Wildman–Crippen MR) is 76.8 cm³/mol. The van der Waals surface area contributed by atoms with Crippen LogP contribution >= 0.6 is 0 Å². The average molecular weight is 281 g/mol. The third-order valence-corrected chi connectivity index (χ3v) is 2.61. The molecule has 0 radical (unpaired) electrons. The Kier molecular flexibility index (Phi) is 8.42. The SMILES string of the molecule is Cc1cccc(OCCCC(=O)NCCOCCO)c1. The lowest BCUT2D eigenvalue weighted by atomic mass is 10.2. The van der Waals surface area contributed by atoms with Crippen LogP contribution in [-0.2, 0) is 9.53 Å². The lowest BCUT2D eigenvalue weighted by Crippen LogP contribution is -2.27. The number of aryl methyl sites for hydroxylation is 1. The van der Waals surface area contributed by atoms with Crippen LogP contribution in [0, 0.1) is 6.92 Å². The maximum absolute atomic E-state index is 11.5. The number of hydrogen-bond acceptors (Lipinski definition) is 4. The van der Waals surface area contributed by atoms with E-state index in [1.54, 1.807) is 0 Å². The highest BCUT2D eigenvalue weighted by atomic mass is 16.5. The molecule has 0 unspecified atom stereocenters. The summed E-state index contributed by atoms with van der Waals surface area (Å²) < 4.78 is 10.6. The molecule has 5 heteroatoms. The molecule has 0 aliphatic rings. The largest absolute Gasteiger partial charge is 0.494 e. The summed E-state index contributed by atoms with van der Waals surface area (Å²) in [5, 5.41) is 11.3. The number of ether oxygens (including phenoxy) is 2. The van der Waals surface area contributed by atoms with Crippen molar-refractivity contribution in [3.63, 3.8) is 0 Å². The third kappa shape index (κ3) is 7.76. The van der Waals surface area contributed by atoms with Gasteiger partial charge in [0.2, 0.25) is 5.91 Å². The average Bonchev–Trinajstić information content (AvgIpc) is 2.43. The molecule has 0 atom stereocenters. The Hall–Kier alpha value is -1.59. The summed E-state index contributed by atoms with van der Waals surface area (Å²) in [4.78, 5) is 11.5. The van der Waals surface area contributed by atoms with E-state index < -0.39 is 0 Å². The van der Waals surface area contributed by atoms with Crippen molar-refractivity contribution in [1.82, 2.24) is 5.32 Å². The Morgan fingerprint density at radius 1 is 1.30 bits per heavy atom. The van der Waals surface area contributed by atoms with E-state index in [9.17, 15) is 4.79 Å². The normalized spacial score (nSPS) is 10.3. The monoisotopic (exact) mass is 281 g/mol. The van der Waals surface area contributed by atoms with Gasteiger partial charge in [0.05, 0.1) is 26.4 Å². The topological polar surface area (TPSA) is 67.8 Å². The lowest BCUT2D eigenvalue weighted by Gasteiger charge is -2.07. The zero-order valence-corrected chi connectivity index (χ0v) is 11.9. The number of amides is 1. The molecule has 5 nitrogen and oxygen atoms in total. The highest BCUT2D eigenvalue weighted by Crippen LogP contribution is 2.12. The fourth-order valence-electron chi connectivity index (χ4n) is 1.65. The summed E-state index contributed by atoms with van der Waals surface area (Å²) in [5.74, 6) is 0.827. The Balaban J connectivity index is 2.02. The number of aliphatic hydroxyl groups excluding tert-OH is 1. The molecular weight excluding hydrogens is 258 g/mol. The second kappa shape index (κ2) is 10.2. The maximum Gasteiger partial charge on any atom is 0.220 e. The van der Waals surface area contributed by atoms with Gasteiger partial charge in [-0.2, -0.15) is 0 Å². The van der Waals surface area contributed by atoms with Gasteiger partial charge in [0.25, 0.3) is 0 Å². The van der Waals surface area contributed by atoms with Gasteiger partial charge in [0.1, 0.15) is 5.75 Å². The van der Waals surface area contributed by atoms with E-state index in [-0.39, 0.29) is 12.5 Å². The second-order valence-corrected chi connectivity index (χ2v) is 4.45. The molecule has 112 valence electrons. The smallest absolute Gasteiger partial charge is 0.220 e. The first kappa shape index (κ1) is 16.5. The molecule has 1 aromatic rings. The van der Waals surface area contributed by atoms with Crippen LogP contribution in [0.5, 0.6) is 5.75 Å². The van der Waals surface area contributed by atoms with E-state index in [0.29, 0.717) is 39.2 Å². The molecule has 1 aromatic carbocycles. The number of aliphatic hydroxyl groups is 1. The van der Waals surface area contributed by atoms with Gasteiger partial charge in [-0.25, -0.2) is 0 Å². The van der Waals surface area contributed by atoms with Crippen molar-refractivity contribution in [3.8, 4) is 5.75 Å². The van der Waals surface area contributed by atoms with Crippen molar-refractivity contribution >= 4 is 5.91 Å². The number of carbonyl (C=O) groups excluding carboxylic acids is 1. The van der Waals surface area contributed by atoms with E-state index in [2.05, 4.69) is 5.32 Å². The first-order chi connectivity index (χ1) is 9.72. The Bertz CT molecular complexity index is 395. The van der Waals surface area contributed by atoms with Gasteiger partial charge in [-0.3, -0.25) is 4.79 Å². The molecule has 1 rings (SSSR count). The summed E-state index contributed by atoms with van der Waals surface area (Å²) in [7, 11) is 0. The predicted octanol–water partition coefficient (Wildman–Crippen LogP) is 1.28. The van der Waals surface area contributed by atoms with E-state index in [0.717, 1.165) is 11.3 Å². The summed E-state index contributed by atoms with van der Waals surface area (Å²) in [6.07, 6.45) is 1.11. The Morgan fingerprint density at radius 2 is 2.15 bits per heavy atom. The minimum Gasteiger partial charge on any atom is -0.494 e. The molecule has 0 bridgehead atoms. The third-order valence-electron chi connectivity index (χ3n) is 2.61. The molecule has 0 aromatic heterocycles. The highest BCUT2D eigenvalue weighted by Gasteiger charge is 2.01. The van der Waals surface area contributed by atoms with Crippen molar-refractivity contribution in [2.24, 2.45) is 0 Å². The van der Waals surface area contributed by atoms with Crippen LogP contribution in [0.15, 0.2) is 24.3 Å². The maximum atomic E-state index is 11.5. The van der Waals surface area contributed by atoms with E-state index >= 15 is 0 Å². The lowest BCUT2D eigenvalue weighted by molar-refractivity contribution is -0.121. The molecule has 20 heavy (non-hydrogen) atoms. The standard InChI is InChI=1S/C15H23NO4/c1-13-4-2-5-14(12-13)20-9-3-6-15(18)16-7-10-19-11-8-17/h2,4-5,12,17H,3,6-11H2,1H3,(H,16,18). The zero-order valence-electron chi connectivity index (χ0n) is 11.9. The first-order valence-electron chi connectivity index (χ1n) is 6.87. The van der Waals surface area contributed by atoms with Crippen molar-refractivity contribution in [2.45, 2.75) is 19.8 Å². The minimum absolute atomic E-state index is 0.00421. The molecule has 0 fully saturated rings. The number of hydrogen-bond donors (Lipinski definition) is 2. The van der Waals surface area contributed by atoms with Crippen LogP contribution in [0.2, 0.25) is 0 Å². The number of benzene rings is 1. The van der Waals surface area contributed by atoms with Crippen LogP contribution < -0.4 is 10.1 Å². The van der Waals surface area contributed by atoms with Crippen LogP contribution in [0.25, 0.3) is 0 Å². The fraction of sp³-hybridized carbons (Fsp3) is 0.533. The van der Waals surface area contributed by atoms with Crippen molar-refractivity contribution in [3.05, 3.63) is 29.8 Å². The number of rotatable bonds is 10. The molecular formula is C15H23NO4. The number of carbonyl (C=O) groups is 1. The van der Waals surface area contributed by atoms with Crippen molar-refractivity contribution < 1.29 is 19.4 Å². The van der Waals surface area contributed by atoms with Crippen LogP contribution in [0.3, 0.4) is 0 Å². The molecule has 0 aliphatic carbocycles. The van der Waals surface area contributed by atoms with Gasteiger partial charge in [-0.1, -0.05) is 12.1 Å². The quantitative estimate of drug-likeness (QED) is 0.634. The molecule has 2 N–H and O–H groups in total. The first-order valence-corrected chi connectivity index (χ1v) is 6.87. The summed E-state index contributed by atoms with van der Waals surface area (Å²) in [6, 6.07) is 7.84. The fourth-order valence-corrected chi connectivity index (χ4v) is 1.65. The molecule has 1 amide bonds. The molecule has 0 heterocycles. The van der Waals surface area contributed by atoms with Gasteiger partial charge in [-0.05, 0) is 31.0 Å². The van der Waals surface area contributed by atoms with Gasteiger partial charge in [0, 0.05) is 13.0 Å². The Morgan fingerprint density at radius 3 is 2.90 bits per heavy atom. The van der Waals surface area contributed by atoms with E-state index in [1.807, 2.05) is 31.2 Å². The minimum atomic E-state index is -0.00885. The summed E-state index contributed by atoms with van der Waals surface area (Å²) in [6.45, 7) is 3.74. The Labute approximate surface area is 119 Å². The second-order valence-electron chi connectivity index (χ2n) is 4.45. The van der Waals surface area contributed by atoms with Gasteiger partial charge in [-0.15, -0.1) is 0 Å². The van der Waals surface area contributed by atoms with Crippen LogP contribution in [-0.4, -0.2) is 44.0 Å². The highest BCUT2D eigenvalue weighted by molar-refractivity contribution is 5.75. The van der Waals surface area contributed by atoms with Crippen molar-refractivity contribution in [1.29, 1.82) is 0 Å². The molecule has 0 spiro atoms. The van der Waals surface area contributed by atoms with Crippen LogP contribution in [0.1, 0.15) is 18.4 Å². The molecule has 0 saturated carbocycles. The van der Waals surface area contributed by atoms with E-state index in [1.165, 1.54) is 0 Å². The summed E-state index contributed by atoms with van der Waals surface area (Å²) >= 11 is 0. The van der Waals surface area contributed by atoms with E-state index in [4.69, 9.17) is 14.6 Å². The zero-order chi connectivity index (χ0) is 14.6. The number of nitrogens with one attached hydrogen (secondary N) is 1. The van der Waals surface area contributed by atoms with Gasteiger partial charge in [0.15, 0.2) is 0 Å². The van der Waals surface area contributed by atoms with Crippen molar-refractivity contribution in [2.75, 3.05) is 33.0 Å². The molecule has 0 aliphatic heterocycles. The van der Waals surface area contributed by atoms with Crippen LogP contribution in [0.4, 0.5) is 0 Å². The van der Waals surface area contributed by atoms with Gasteiger partial charge >= 0.3 is 0 Å². The molecule has 0 saturated heterocycles. The van der Waals surface area contributed by atoms with Gasteiger partial charge < -0.3 is 19.9 Å². The summed E-state index contributed by atoms with van der Waals surface area (Å²) in [5.41, 5.74) is 1.16.